The van der Waals surface area contributed by atoms with E-state index in [2.05, 4.69) is 5.32 Å². The number of amides is 1. The number of hydrogen-bond donors (Lipinski definition) is 2. The molecule has 1 aromatic rings. The Kier molecular flexibility index (Phi) is 4.06. The largest absolute Gasteiger partial charge is 0.481 e. The van der Waals surface area contributed by atoms with Crippen molar-refractivity contribution < 1.29 is 19.6 Å². The van der Waals surface area contributed by atoms with Crippen LogP contribution in [-0.2, 0) is 16.0 Å². The summed E-state index contributed by atoms with van der Waals surface area (Å²) in [6, 6.07) is 2.93. The number of anilines is 2. The zero-order chi connectivity index (χ0) is 15.6. The SMILES string of the molecule is CCN(CCC(=O)O)c1cc2c(cc1[N+](=O)[O-])CC(=O)N2. The second-order valence-electron chi connectivity index (χ2n) is 4.70. The summed E-state index contributed by atoms with van der Waals surface area (Å²) in [6.45, 7) is 2.39. The second kappa shape index (κ2) is 5.78. The Morgan fingerprint density at radius 2 is 2.24 bits per heavy atom. The van der Waals surface area contributed by atoms with Gasteiger partial charge >= 0.3 is 5.97 Å². The molecular weight excluding hydrogens is 278 g/mol. The number of carbonyl (C=O) groups excluding carboxylic acids is 1. The van der Waals surface area contributed by atoms with Crippen molar-refractivity contribution in [2.24, 2.45) is 0 Å². The normalized spacial score (nSPS) is 12.7. The monoisotopic (exact) mass is 293 g/mol. The van der Waals surface area contributed by atoms with Crippen LogP contribution in [-0.4, -0.2) is 35.0 Å². The van der Waals surface area contributed by atoms with Gasteiger partial charge in [0.2, 0.25) is 5.91 Å². The van der Waals surface area contributed by atoms with Crippen LogP contribution in [0.25, 0.3) is 0 Å². The summed E-state index contributed by atoms with van der Waals surface area (Å²) in [5.74, 6) is -1.17. The quantitative estimate of drug-likeness (QED) is 0.605. The molecule has 1 heterocycles. The number of fused-ring (bicyclic) bond motifs is 1. The number of carboxylic acids is 1. The van der Waals surface area contributed by atoms with Gasteiger partial charge in [-0.25, -0.2) is 0 Å². The Morgan fingerprint density at radius 3 is 2.81 bits per heavy atom. The van der Waals surface area contributed by atoms with Gasteiger partial charge in [-0.3, -0.25) is 19.7 Å². The van der Waals surface area contributed by atoms with Gasteiger partial charge in [0, 0.05) is 24.8 Å². The Bertz CT molecular complexity index is 614. The third-order valence-corrected chi connectivity index (χ3v) is 3.34. The van der Waals surface area contributed by atoms with E-state index < -0.39 is 10.9 Å². The van der Waals surface area contributed by atoms with E-state index in [9.17, 15) is 19.7 Å². The van der Waals surface area contributed by atoms with Crippen molar-refractivity contribution in [3.63, 3.8) is 0 Å². The number of nitro groups is 1. The highest BCUT2D eigenvalue weighted by Crippen LogP contribution is 2.36. The van der Waals surface area contributed by atoms with E-state index in [1.807, 2.05) is 0 Å². The molecule has 2 N–H and O–H groups in total. The van der Waals surface area contributed by atoms with Crippen LogP contribution in [0.5, 0.6) is 0 Å². The molecule has 0 bridgehead atoms. The molecule has 1 aliphatic rings. The smallest absolute Gasteiger partial charge is 0.305 e. The van der Waals surface area contributed by atoms with Crippen molar-refractivity contribution in [3.05, 3.63) is 27.8 Å². The summed E-state index contributed by atoms with van der Waals surface area (Å²) in [4.78, 5) is 34.4. The molecular formula is C13H15N3O5. The second-order valence-corrected chi connectivity index (χ2v) is 4.70. The summed E-state index contributed by atoms with van der Waals surface area (Å²) in [6.07, 6.45) is 0.00609. The highest BCUT2D eigenvalue weighted by molar-refractivity contribution is 6.00. The van der Waals surface area contributed by atoms with E-state index in [4.69, 9.17) is 5.11 Å². The first kappa shape index (κ1) is 14.8. The van der Waals surface area contributed by atoms with Crippen molar-refractivity contribution in [2.75, 3.05) is 23.3 Å². The van der Waals surface area contributed by atoms with Crippen LogP contribution in [0.15, 0.2) is 12.1 Å². The molecule has 0 unspecified atom stereocenters. The Labute approximate surface area is 120 Å². The van der Waals surface area contributed by atoms with E-state index in [-0.39, 0.29) is 31.0 Å². The first-order chi connectivity index (χ1) is 9.92. The third kappa shape index (κ3) is 3.10. The number of rotatable bonds is 6. The van der Waals surface area contributed by atoms with Gasteiger partial charge in [0.25, 0.3) is 5.69 Å². The van der Waals surface area contributed by atoms with E-state index in [1.54, 1.807) is 17.9 Å². The predicted molar refractivity (Wildman–Crippen MR) is 75.6 cm³/mol. The van der Waals surface area contributed by atoms with E-state index in [1.165, 1.54) is 6.07 Å². The predicted octanol–water partition coefficient (Wildman–Crippen LogP) is 1.39. The molecule has 0 saturated heterocycles. The van der Waals surface area contributed by atoms with Gasteiger partial charge in [-0.2, -0.15) is 0 Å². The van der Waals surface area contributed by atoms with E-state index in [0.717, 1.165) is 0 Å². The molecule has 0 atom stereocenters. The van der Waals surface area contributed by atoms with Gasteiger partial charge in [0.15, 0.2) is 0 Å². The molecule has 2 rings (SSSR count). The lowest BCUT2D eigenvalue weighted by molar-refractivity contribution is -0.384. The van der Waals surface area contributed by atoms with Crippen molar-refractivity contribution in [2.45, 2.75) is 19.8 Å². The zero-order valence-corrected chi connectivity index (χ0v) is 11.5. The third-order valence-electron chi connectivity index (χ3n) is 3.34. The van der Waals surface area contributed by atoms with Crippen LogP contribution >= 0.6 is 0 Å². The van der Waals surface area contributed by atoms with Crippen molar-refractivity contribution >= 4 is 28.9 Å². The van der Waals surface area contributed by atoms with Crippen LogP contribution in [0.1, 0.15) is 18.9 Å². The van der Waals surface area contributed by atoms with Gasteiger partial charge < -0.3 is 15.3 Å². The van der Waals surface area contributed by atoms with Crippen LogP contribution in [0, 0.1) is 10.1 Å². The summed E-state index contributed by atoms with van der Waals surface area (Å²) in [5.41, 5.74) is 1.35. The van der Waals surface area contributed by atoms with Gasteiger partial charge in [-0.15, -0.1) is 0 Å². The highest BCUT2D eigenvalue weighted by Gasteiger charge is 2.26. The van der Waals surface area contributed by atoms with Crippen LogP contribution in [0.2, 0.25) is 0 Å². The van der Waals surface area contributed by atoms with E-state index in [0.29, 0.717) is 23.5 Å². The minimum atomic E-state index is -0.967. The Hall–Kier alpha value is -2.64. The molecule has 1 amide bonds. The number of benzene rings is 1. The average molecular weight is 293 g/mol. The number of nitro benzene ring substituents is 1. The molecule has 0 saturated carbocycles. The fraction of sp³-hybridized carbons (Fsp3) is 0.385. The van der Waals surface area contributed by atoms with Crippen LogP contribution < -0.4 is 10.2 Å². The molecule has 21 heavy (non-hydrogen) atoms. The lowest BCUT2D eigenvalue weighted by Gasteiger charge is -2.22. The summed E-state index contributed by atoms with van der Waals surface area (Å²) >= 11 is 0. The van der Waals surface area contributed by atoms with Crippen molar-refractivity contribution in [3.8, 4) is 0 Å². The Morgan fingerprint density at radius 1 is 1.52 bits per heavy atom. The molecule has 112 valence electrons. The number of carbonyl (C=O) groups is 2. The van der Waals surface area contributed by atoms with Gasteiger partial charge in [0.1, 0.15) is 5.69 Å². The van der Waals surface area contributed by atoms with E-state index >= 15 is 0 Å². The molecule has 1 aliphatic heterocycles. The lowest BCUT2D eigenvalue weighted by Crippen LogP contribution is -2.26. The highest BCUT2D eigenvalue weighted by atomic mass is 16.6. The molecule has 0 aromatic heterocycles. The fourth-order valence-corrected chi connectivity index (χ4v) is 2.33. The average Bonchev–Trinajstić information content (AvgIpc) is 2.77. The topological polar surface area (TPSA) is 113 Å². The number of nitrogens with zero attached hydrogens (tertiary/aromatic N) is 2. The van der Waals surface area contributed by atoms with Crippen LogP contribution in [0.4, 0.5) is 17.1 Å². The van der Waals surface area contributed by atoms with Crippen molar-refractivity contribution in [1.82, 2.24) is 0 Å². The summed E-state index contributed by atoms with van der Waals surface area (Å²) < 4.78 is 0. The summed E-state index contributed by atoms with van der Waals surface area (Å²) in [5, 5.41) is 22.6. The molecule has 0 fully saturated rings. The van der Waals surface area contributed by atoms with Gasteiger partial charge in [-0.1, -0.05) is 0 Å². The van der Waals surface area contributed by atoms with Gasteiger partial charge in [-0.05, 0) is 18.6 Å². The number of aliphatic carboxylic acids is 1. The minimum Gasteiger partial charge on any atom is -0.481 e. The maximum atomic E-state index is 11.4. The molecule has 0 aliphatic carbocycles. The first-order valence-electron chi connectivity index (χ1n) is 6.50. The molecule has 1 aromatic carbocycles. The summed E-state index contributed by atoms with van der Waals surface area (Å²) in [7, 11) is 0. The van der Waals surface area contributed by atoms with Gasteiger partial charge in [0.05, 0.1) is 17.8 Å². The maximum absolute atomic E-state index is 11.4. The molecule has 8 heteroatoms. The number of carboxylic acid groups (broad SMARTS) is 1. The zero-order valence-electron chi connectivity index (χ0n) is 11.5. The minimum absolute atomic E-state index is 0.113. The van der Waals surface area contributed by atoms with Crippen molar-refractivity contribution in [1.29, 1.82) is 0 Å². The van der Waals surface area contributed by atoms with Crippen LogP contribution in [0.3, 0.4) is 0 Å². The molecule has 0 spiro atoms. The number of hydrogen-bond acceptors (Lipinski definition) is 5. The maximum Gasteiger partial charge on any atom is 0.305 e. The standard InChI is InChI=1S/C13H15N3O5/c1-2-15(4-3-13(18)19)10-7-9-8(6-12(17)14-9)5-11(10)16(20)21/h5,7H,2-4,6H2,1H3,(H,14,17)(H,18,19). The Balaban J connectivity index is 2.40. The fourth-order valence-electron chi connectivity index (χ4n) is 2.33. The first-order valence-corrected chi connectivity index (χ1v) is 6.50. The molecule has 8 nitrogen and oxygen atoms in total. The lowest BCUT2D eigenvalue weighted by atomic mass is 10.1. The molecule has 0 radical (unpaired) electrons. The number of nitrogens with one attached hydrogen (secondary N) is 1.